The Kier molecular flexibility index (Phi) is 3.70. The van der Waals surface area contributed by atoms with Gasteiger partial charge in [-0.25, -0.2) is 0 Å². The molecule has 1 aromatic rings. The summed E-state index contributed by atoms with van der Waals surface area (Å²) in [5.74, 6) is 0. The van der Waals surface area contributed by atoms with Gasteiger partial charge in [0.15, 0.2) is 0 Å². The van der Waals surface area contributed by atoms with Crippen molar-refractivity contribution in [2.45, 2.75) is 33.1 Å². The maximum absolute atomic E-state index is 5.48. The van der Waals surface area contributed by atoms with Crippen LogP contribution in [0.3, 0.4) is 0 Å². The zero-order valence-electron chi connectivity index (χ0n) is 9.63. The maximum atomic E-state index is 5.48. The summed E-state index contributed by atoms with van der Waals surface area (Å²) in [5.41, 5.74) is 2.77. The Morgan fingerprint density at radius 2 is 1.71 bits per heavy atom. The molecule has 0 amide bonds. The maximum Gasteiger partial charge on any atom is 0.0557 e. The van der Waals surface area contributed by atoms with Gasteiger partial charge in [-0.05, 0) is 19.4 Å². The molecule has 0 aliphatic rings. The van der Waals surface area contributed by atoms with Crippen LogP contribution in [0.5, 0.6) is 0 Å². The Balaban J connectivity index is 2.75. The van der Waals surface area contributed by atoms with E-state index in [1.54, 1.807) is 0 Å². The first-order valence-corrected chi connectivity index (χ1v) is 5.21. The summed E-state index contributed by atoms with van der Waals surface area (Å²) in [5, 5.41) is 0. The lowest BCUT2D eigenvalue weighted by Gasteiger charge is -2.24. The van der Waals surface area contributed by atoms with Gasteiger partial charge < -0.3 is 4.74 Å². The molecule has 0 atom stereocenters. The van der Waals surface area contributed by atoms with Crippen molar-refractivity contribution in [2.75, 3.05) is 13.2 Å². The van der Waals surface area contributed by atoms with Gasteiger partial charge in [-0.15, -0.1) is 0 Å². The van der Waals surface area contributed by atoms with Crippen molar-refractivity contribution in [3.05, 3.63) is 35.4 Å². The molecule has 0 N–H and O–H groups in total. The van der Waals surface area contributed by atoms with Crippen LogP contribution in [0, 0.1) is 6.92 Å². The third kappa shape index (κ3) is 2.85. The molecule has 0 saturated carbocycles. The van der Waals surface area contributed by atoms with E-state index < -0.39 is 0 Å². The monoisotopic (exact) mass is 192 g/mol. The zero-order chi connectivity index (χ0) is 10.6. The molecule has 0 fully saturated rings. The summed E-state index contributed by atoms with van der Waals surface area (Å²) in [6.07, 6.45) is 0. The molecular weight excluding hydrogens is 172 g/mol. The third-order valence-corrected chi connectivity index (χ3v) is 2.50. The summed E-state index contributed by atoms with van der Waals surface area (Å²) >= 11 is 0. The molecule has 0 saturated heterocycles. The molecule has 0 aromatic heterocycles. The molecular formula is C13H20O. The summed E-state index contributed by atoms with van der Waals surface area (Å²) in [4.78, 5) is 0. The molecule has 78 valence electrons. The van der Waals surface area contributed by atoms with Gasteiger partial charge in [0.05, 0.1) is 6.61 Å². The lowest BCUT2D eigenvalue weighted by molar-refractivity contribution is 0.105. The molecule has 14 heavy (non-hydrogen) atoms. The van der Waals surface area contributed by atoms with Crippen molar-refractivity contribution in [3.8, 4) is 0 Å². The fourth-order valence-corrected chi connectivity index (χ4v) is 1.45. The first-order valence-electron chi connectivity index (χ1n) is 5.21. The van der Waals surface area contributed by atoms with Crippen LogP contribution in [0.4, 0.5) is 0 Å². The van der Waals surface area contributed by atoms with E-state index in [1.165, 1.54) is 11.1 Å². The molecule has 0 spiro atoms. The van der Waals surface area contributed by atoms with Crippen LogP contribution in [0.25, 0.3) is 0 Å². The third-order valence-electron chi connectivity index (χ3n) is 2.50. The predicted molar refractivity (Wildman–Crippen MR) is 60.7 cm³/mol. The average Bonchev–Trinajstić information content (AvgIpc) is 2.16. The van der Waals surface area contributed by atoms with E-state index >= 15 is 0 Å². The lowest BCUT2D eigenvalue weighted by atomic mass is 9.85. The van der Waals surface area contributed by atoms with Gasteiger partial charge >= 0.3 is 0 Å². The minimum atomic E-state index is 0.115. The van der Waals surface area contributed by atoms with Gasteiger partial charge in [0, 0.05) is 12.0 Å². The van der Waals surface area contributed by atoms with Crippen LogP contribution in [0.1, 0.15) is 31.9 Å². The van der Waals surface area contributed by atoms with Gasteiger partial charge in [-0.1, -0.05) is 43.7 Å². The van der Waals surface area contributed by atoms with Crippen LogP contribution < -0.4 is 0 Å². The Bertz CT molecular complexity index is 272. The van der Waals surface area contributed by atoms with E-state index in [4.69, 9.17) is 4.74 Å². The van der Waals surface area contributed by atoms with E-state index in [9.17, 15) is 0 Å². The molecule has 1 nitrogen and oxygen atoms in total. The number of benzene rings is 1. The highest BCUT2D eigenvalue weighted by atomic mass is 16.5. The standard InChI is InChI=1S/C13H20O/c1-5-14-10-13(3,4)12-8-6-11(2)7-9-12/h6-9H,5,10H2,1-4H3. The summed E-state index contributed by atoms with van der Waals surface area (Å²) in [7, 11) is 0. The number of hydrogen-bond donors (Lipinski definition) is 0. The summed E-state index contributed by atoms with van der Waals surface area (Å²) in [6.45, 7) is 10.1. The van der Waals surface area contributed by atoms with Crippen molar-refractivity contribution in [1.29, 1.82) is 0 Å². The molecule has 0 radical (unpaired) electrons. The summed E-state index contributed by atoms with van der Waals surface area (Å²) < 4.78 is 5.48. The number of rotatable bonds is 4. The Labute approximate surface area is 87.1 Å². The van der Waals surface area contributed by atoms with Crippen molar-refractivity contribution in [2.24, 2.45) is 0 Å². The largest absolute Gasteiger partial charge is 0.381 e. The molecule has 1 heteroatoms. The van der Waals surface area contributed by atoms with Crippen LogP contribution in [0.2, 0.25) is 0 Å². The number of aryl methyl sites for hydroxylation is 1. The first-order chi connectivity index (χ1) is 6.56. The van der Waals surface area contributed by atoms with E-state index in [2.05, 4.69) is 45.0 Å². The molecule has 0 aliphatic heterocycles. The molecule has 1 aromatic carbocycles. The Hall–Kier alpha value is -0.820. The summed E-state index contributed by atoms with van der Waals surface area (Å²) in [6, 6.07) is 8.69. The van der Waals surface area contributed by atoms with Gasteiger partial charge in [0.25, 0.3) is 0 Å². The van der Waals surface area contributed by atoms with Crippen LogP contribution in [-0.2, 0) is 10.2 Å². The second kappa shape index (κ2) is 4.61. The van der Waals surface area contributed by atoms with Crippen molar-refractivity contribution >= 4 is 0 Å². The fourth-order valence-electron chi connectivity index (χ4n) is 1.45. The second-order valence-corrected chi connectivity index (χ2v) is 4.39. The Morgan fingerprint density at radius 3 is 2.21 bits per heavy atom. The second-order valence-electron chi connectivity index (χ2n) is 4.39. The minimum Gasteiger partial charge on any atom is -0.381 e. The molecule has 1 rings (SSSR count). The van der Waals surface area contributed by atoms with Crippen molar-refractivity contribution < 1.29 is 4.74 Å². The number of hydrogen-bond acceptors (Lipinski definition) is 1. The van der Waals surface area contributed by atoms with Gasteiger partial charge in [-0.3, -0.25) is 0 Å². The first kappa shape index (κ1) is 11.3. The number of ether oxygens (including phenoxy) is 1. The predicted octanol–water partition coefficient (Wildman–Crippen LogP) is 3.31. The highest BCUT2D eigenvalue weighted by molar-refractivity contribution is 5.27. The highest BCUT2D eigenvalue weighted by Gasteiger charge is 2.20. The molecule has 0 aliphatic carbocycles. The molecule has 0 heterocycles. The van der Waals surface area contributed by atoms with Crippen LogP contribution in [0.15, 0.2) is 24.3 Å². The SMILES string of the molecule is CCOCC(C)(C)c1ccc(C)cc1. The van der Waals surface area contributed by atoms with Crippen molar-refractivity contribution in [1.82, 2.24) is 0 Å². The quantitative estimate of drug-likeness (QED) is 0.711. The Morgan fingerprint density at radius 1 is 1.14 bits per heavy atom. The van der Waals surface area contributed by atoms with Crippen LogP contribution in [-0.4, -0.2) is 13.2 Å². The fraction of sp³-hybridized carbons (Fsp3) is 0.538. The van der Waals surface area contributed by atoms with E-state index in [0.717, 1.165) is 13.2 Å². The van der Waals surface area contributed by atoms with Gasteiger partial charge in [0.1, 0.15) is 0 Å². The average molecular weight is 192 g/mol. The normalized spacial score (nSPS) is 11.7. The zero-order valence-corrected chi connectivity index (χ0v) is 9.63. The molecule has 0 bridgehead atoms. The van der Waals surface area contributed by atoms with E-state index in [-0.39, 0.29) is 5.41 Å². The minimum absolute atomic E-state index is 0.115. The highest BCUT2D eigenvalue weighted by Crippen LogP contribution is 2.23. The smallest absolute Gasteiger partial charge is 0.0557 e. The molecule has 0 unspecified atom stereocenters. The van der Waals surface area contributed by atoms with Gasteiger partial charge in [0.2, 0.25) is 0 Å². The van der Waals surface area contributed by atoms with E-state index in [1.807, 2.05) is 6.92 Å². The van der Waals surface area contributed by atoms with Crippen molar-refractivity contribution in [3.63, 3.8) is 0 Å². The topological polar surface area (TPSA) is 9.23 Å². The van der Waals surface area contributed by atoms with Crippen LogP contribution >= 0.6 is 0 Å². The van der Waals surface area contributed by atoms with E-state index in [0.29, 0.717) is 0 Å². The van der Waals surface area contributed by atoms with Gasteiger partial charge in [-0.2, -0.15) is 0 Å². The lowest BCUT2D eigenvalue weighted by Crippen LogP contribution is -2.24.